The van der Waals surface area contributed by atoms with Crippen LogP contribution in [0.2, 0.25) is 0 Å². The molecule has 0 saturated carbocycles. The van der Waals surface area contributed by atoms with Gasteiger partial charge >= 0.3 is 5.97 Å². The molecule has 0 spiro atoms. The Kier molecular flexibility index (Phi) is 4.61. The second-order valence-corrected chi connectivity index (χ2v) is 5.36. The van der Waals surface area contributed by atoms with Crippen LogP contribution in [0.4, 0.5) is 17.2 Å². The van der Waals surface area contributed by atoms with Crippen molar-refractivity contribution in [3.63, 3.8) is 0 Å². The minimum Gasteiger partial charge on any atom is -0.454 e. The topological polar surface area (TPSA) is 133 Å². The fraction of sp³-hybridized carbons (Fsp3) is 0.118. The van der Waals surface area contributed by atoms with Gasteiger partial charge in [0.1, 0.15) is 5.82 Å². The normalized spacial score (nSPS) is 10.5. The monoisotopic (exact) mass is 353 g/mol. The highest BCUT2D eigenvalue weighted by Crippen LogP contribution is 2.23. The van der Waals surface area contributed by atoms with Crippen LogP contribution < -0.4 is 11.1 Å². The van der Waals surface area contributed by atoms with Crippen molar-refractivity contribution >= 4 is 34.1 Å². The van der Waals surface area contributed by atoms with Crippen LogP contribution in [0, 0.1) is 10.1 Å². The fourth-order valence-electron chi connectivity index (χ4n) is 2.46. The molecule has 0 fully saturated rings. The van der Waals surface area contributed by atoms with Gasteiger partial charge in [-0.15, -0.1) is 0 Å². The number of aromatic nitrogens is 2. The van der Waals surface area contributed by atoms with E-state index in [9.17, 15) is 14.9 Å². The number of nitrogens with zero attached hydrogens (tertiary/aromatic N) is 3. The lowest BCUT2D eigenvalue weighted by molar-refractivity contribution is -0.384. The molecule has 9 nitrogen and oxygen atoms in total. The molecule has 26 heavy (non-hydrogen) atoms. The Balaban J connectivity index is 1.83. The molecule has 3 N–H and O–H groups in total. The van der Waals surface area contributed by atoms with E-state index in [1.165, 1.54) is 12.1 Å². The average Bonchev–Trinajstić information content (AvgIpc) is 2.65. The zero-order chi connectivity index (χ0) is 18.7. The summed E-state index contributed by atoms with van der Waals surface area (Å²) in [4.78, 5) is 31.1. The molecule has 3 rings (SSSR count). The van der Waals surface area contributed by atoms with E-state index in [0.717, 1.165) is 6.07 Å². The molecule has 0 saturated heterocycles. The number of carbonyl (C=O) groups excluding carboxylic acids is 1. The largest absolute Gasteiger partial charge is 0.454 e. The van der Waals surface area contributed by atoms with E-state index >= 15 is 0 Å². The van der Waals surface area contributed by atoms with Gasteiger partial charge in [-0.2, -0.15) is 0 Å². The van der Waals surface area contributed by atoms with Gasteiger partial charge in [0.2, 0.25) is 0 Å². The number of hydrogen-bond donors (Lipinski definition) is 2. The van der Waals surface area contributed by atoms with Crippen LogP contribution in [-0.4, -0.2) is 27.9 Å². The van der Waals surface area contributed by atoms with Crippen LogP contribution in [0.5, 0.6) is 0 Å². The maximum absolute atomic E-state index is 12.3. The number of hydrogen-bond acceptors (Lipinski definition) is 8. The molecule has 0 aliphatic rings. The highest BCUT2D eigenvalue weighted by molar-refractivity contribution is 5.96. The first-order valence-electron chi connectivity index (χ1n) is 7.64. The Labute approximate surface area is 148 Å². The SMILES string of the molecule is CNc1ccc([N+](=O)[O-])cc1C(=O)OCc1nc(N)c2ccccc2n1. The lowest BCUT2D eigenvalue weighted by Gasteiger charge is -2.09. The Morgan fingerprint density at radius 1 is 1.27 bits per heavy atom. The van der Waals surface area contributed by atoms with Gasteiger partial charge in [-0.05, 0) is 18.2 Å². The molecule has 0 aliphatic heterocycles. The average molecular weight is 353 g/mol. The number of carbonyl (C=O) groups is 1. The van der Waals surface area contributed by atoms with Crippen molar-refractivity contribution in [2.45, 2.75) is 6.61 Å². The zero-order valence-corrected chi connectivity index (χ0v) is 13.8. The number of nitrogens with two attached hydrogens (primary N) is 1. The number of fused-ring (bicyclic) bond motifs is 1. The van der Waals surface area contributed by atoms with Crippen molar-refractivity contribution in [2.24, 2.45) is 0 Å². The van der Waals surface area contributed by atoms with Crippen molar-refractivity contribution in [1.29, 1.82) is 0 Å². The molecule has 0 atom stereocenters. The summed E-state index contributed by atoms with van der Waals surface area (Å²) in [5.41, 5.74) is 6.79. The van der Waals surface area contributed by atoms with Gasteiger partial charge in [0.15, 0.2) is 12.4 Å². The number of rotatable bonds is 5. The smallest absolute Gasteiger partial charge is 0.340 e. The molecule has 1 heterocycles. The molecule has 3 aromatic rings. The summed E-state index contributed by atoms with van der Waals surface area (Å²) in [6.07, 6.45) is 0. The quantitative estimate of drug-likeness (QED) is 0.406. The van der Waals surface area contributed by atoms with Gasteiger partial charge in [-0.1, -0.05) is 12.1 Å². The second-order valence-electron chi connectivity index (χ2n) is 5.36. The molecule has 0 aliphatic carbocycles. The zero-order valence-electron chi connectivity index (χ0n) is 13.8. The van der Waals surface area contributed by atoms with Gasteiger partial charge in [-0.3, -0.25) is 10.1 Å². The predicted octanol–water partition coefficient (Wildman–Crippen LogP) is 2.52. The van der Waals surface area contributed by atoms with Crippen molar-refractivity contribution in [2.75, 3.05) is 18.1 Å². The van der Waals surface area contributed by atoms with Gasteiger partial charge in [0.05, 0.1) is 16.0 Å². The third kappa shape index (κ3) is 3.36. The first-order valence-corrected chi connectivity index (χ1v) is 7.64. The van der Waals surface area contributed by atoms with Crippen LogP contribution in [0.3, 0.4) is 0 Å². The predicted molar refractivity (Wildman–Crippen MR) is 95.7 cm³/mol. The maximum Gasteiger partial charge on any atom is 0.340 e. The number of para-hydroxylation sites is 1. The lowest BCUT2D eigenvalue weighted by Crippen LogP contribution is -2.11. The van der Waals surface area contributed by atoms with Gasteiger partial charge in [-0.25, -0.2) is 14.8 Å². The summed E-state index contributed by atoms with van der Waals surface area (Å²) in [5, 5.41) is 14.4. The number of non-ortho nitro benzene ring substituents is 1. The summed E-state index contributed by atoms with van der Waals surface area (Å²) < 4.78 is 5.21. The van der Waals surface area contributed by atoms with Crippen LogP contribution in [0.1, 0.15) is 16.2 Å². The molecule has 1 aromatic heterocycles. The number of anilines is 2. The summed E-state index contributed by atoms with van der Waals surface area (Å²) in [6.45, 7) is -0.209. The first kappa shape index (κ1) is 17.1. The van der Waals surface area contributed by atoms with Gasteiger partial charge in [0, 0.05) is 30.3 Å². The van der Waals surface area contributed by atoms with E-state index in [2.05, 4.69) is 15.3 Å². The summed E-state index contributed by atoms with van der Waals surface area (Å²) in [7, 11) is 1.60. The molecular formula is C17H15N5O4. The van der Waals surface area contributed by atoms with Crippen LogP contribution in [0.25, 0.3) is 10.9 Å². The molecule has 0 bridgehead atoms. The second kappa shape index (κ2) is 7.01. The Bertz CT molecular complexity index is 1010. The third-order valence-corrected chi connectivity index (χ3v) is 3.71. The number of esters is 1. The standard InChI is InChI=1S/C17H15N5O4/c1-19-13-7-6-10(22(24)25)8-12(13)17(23)26-9-15-20-14-5-3-2-4-11(14)16(18)21-15/h2-8,19H,9H2,1H3,(H2,18,20,21). The van der Waals surface area contributed by atoms with Crippen molar-refractivity contribution in [3.8, 4) is 0 Å². The molecule has 0 unspecified atom stereocenters. The van der Waals surface area contributed by atoms with E-state index in [0.29, 0.717) is 16.6 Å². The van der Waals surface area contributed by atoms with Gasteiger partial charge < -0.3 is 15.8 Å². The number of nitro groups is 1. The highest BCUT2D eigenvalue weighted by atomic mass is 16.6. The Morgan fingerprint density at radius 3 is 2.77 bits per heavy atom. The first-order chi connectivity index (χ1) is 12.5. The minimum absolute atomic E-state index is 0.0514. The minimum atomic E-state index is -0.728. The summed E-state index contributed by atoms with van der Waals surface area (Å²) in [5.74, 6) is -0.202. The molecule has 0 amide bonds. The Hall–Kier alpha value is -3.75. The summed E-state index contributed by atoms with van der Waals surface area (Å²) in [6, 6.07) is 11.1. The van der Waals surface area contributed by atoms with E-state index in [4.69, 9.17) is 10.5 Å². The van der Waals surface area contributed by atoms with E-state index in [1.54, 1.807) is 19.2 Å². The van der Waals surface area contributed by atoms with E-state index in [1.807, 2.05) is 12.1 Å². The van der Waals surface area contributed by atoms with Gasteiger partial charge in [0.25, 0.3) is 5.69 Å². The number of nitrogens with one attached hydrogen (secondary N) is 1. The van der Waals surface area contributed by atoms with Crippen molar-refractivity contribution in [1.82, 2.24) is 9.97 Å². The molecule has 132 valence electrons. The Morgan fingerprint density at radius 2 is 2.04 bits per heavy atom. The lowest BCUT2D eigenvalue weighted by atomic mass is 10.1. The number of ether oxygens (including phenoxy) is 1. The van der Waals surface area contributed by atoms with Crippen LogP contribution in [0.15, 0.2) is 42.5 Å². The highest BCUT2D eigenvalue weighted by Gasteiger charge is 2.18. The van der Waals surface area contributed by atoms with E-state index < -0.39 is 10.9 Å². The molecular weight excluding hydrogens is 338 g/mol. The number of nitrogen functional groups attached to an aromatic ring is 1. The summed E-state index contributed by atoms with van der Waals surface area (Å²) >= 11 is 0. The van der Waals surface area contributed by atoms with Crippen LogP contribution >= 0.6 is 0 Å². The fourth-order valence-corrected chi connectivity index (χ4v) is 2.46. The number of benzene rings is 2. The van der Waals surface area contributed by atoms with Crippen LogP contribution in [-0.2, 0) is 11.3 Å². The molecule has 9 heteroatoms. The molecule has 2 aromatic carbocycles. The van der Waals surface area contributed by atoms with Crippen molar-refractivity contribution in [3.05, 3.63) is 64.0 Å². The molecule has 0 radical (unpaired) electrons. The van der Waals surface area contributed by atoms with E-state index in [-0.39, 0.29) is 29.5 Å². The third-order valence-electron chi connectivity index (χ3n) is 3.71. The maximum atomic E-state index is 12.3. The van der Waals surface area contributed by atoms with Crippen molar-refractivity contribution < 1.29 is 14.5 Å². The number of nitro benzene ring substituents is 1.